The van der Waals surface area contributed by atoms with Gasteiger partial charge in [-0.05, 0) is 31.1 Å². The van der Waals surface area contributed by atoms with Gasteiger partial charge in [0.1, 0.15) is 0 Å². The van der Waals surface area contributed by atoms with Gasteiger partial charge in [0.05, 0.1) is 6.20 Å². The quantitative estimate of drug-likeness (QED) is 0.591. The van der Waals surface area contributed by atoms with E-state index in [2.05, 4.69) is 34.6 Å². The molecule has 6 heteroatoms. The summed E-state index contributed by atoms with van der Waals surface area (Å²) in [5, 5.41) is 3.53. The summed E-state index contributed by atoms with van der Waals surface area (Å²) in [4.78, 5) is 8.85. The van der Waals surface area contributed by atoms with Crippen LogP contribution in [0.15, 0.2) is 18.6 Å². The predicted octanol–water partition coefficient (Wildman–Crippen LogP) is 2.40. The Balaban J connectivity index is 1.82. The second kappa shape index (κ2) is 4.94. The molecule has 6 nitrogen and oxygen atoms in total. The molecule has 0 saturated heterocycles. The normalized spacial score (nSPS) is 19.1. The minimum Gasteiger partial charge on any atom is -0.364 e. The van der Waals surface area contributed by atoms with Crippen LogP contribution in [0.3, 0.4) is 0 Å². The lowest BCUT2D eigenvalue weighted by molar-refractivity contribution is 0.232. The summed E-state index contributed by atoms with van der Waals surface area (Å²) in [5.74, 6) is 6.91. The third kappa shape index (κ3) is 2.56. The maximum Gasteiger partial charge on any atom is 0.180 e. The molecule has 1 fully saturated rings. The molecule has 2 heterocycles. The van der Waals surface area contributed by atoms with Gasteiger partial charge < -0.3 is 15.1 Å². The van der Waals surface area contributed by atoms with E-state index < -0.39 is 0 Å². The first-order valence-corrected chi connectivity index (χ1v) is 7.14. The molecule has 1 aliphatic rings. The first-order chi connectivity index (χ1) is 9.57. The summed E-state index contributed by atoms with van der Waals surface area (Å²) in [7, 11) is 0. The number of nitrogens with zero attached hydrogens (tertiary/aromatic N) is 3. The van der Waals surface area contributed by atoms with Gasteiger partial charge in [-0.1, -0.05) is 13.8 Å². The van der Waals surface area contributed by atoms with Crippen molar-refractivity contribution in [2.75, 3.05) is 10.7 Å². The minimum absolute atomic E-state index is 0.462. The third-order valence-corrected chi connectivity index (χ3v) is 4.20. The Kier molecular flexibility index (Phi) is 3.25. The van der Waals surface area contributed by atoms with Gasteiger partial charge in [0.15, 0.2) is 17.3 Å². The molecule has 4 N–H and O–H groups in total. The maximum absolute atomic E-state index is 5.47. The van der Waals surface area contributed by atoms with Gasteiger partial charge >= 0.3 is 0 Å². The van der Waals surface area contributed by atoms with E-state index >= 15 is 0 Å². The molecule has 0 atom stereocenters. The Bertz CT molecular complexity index is 593. The van der Waals surface area contributed by atoms with Crippen LogP contribution < -0.4 is 16.6 Å². The van der Waals surface area contributed by atoms with Crippen LogP contribution in [0, 0.1) is 5.41 Å². The molecule has 0 spiro atoms. The SMILES string of the molecule is CC1(C)CCC(Nc2nc(NN)cn3ccnc23)CC1. The average Bonchev–Trinajstić information content (AvgIpc) is 2.89. The molecule has 0 bridgehead atoms. The summed E-state index contributed by atoms with van der Waals surface area (Å²) in [6.45, 7) is 4.68. The molecule has 0 amide bonds. The topological polar surface area (TPSA) is 80.3 Å². The molecule has 1 aliphatic carbocycles. The van der Waals surface area contributed by atoms with Crippen LogP contribution in [-0.2, 0) is 0 Å². The molecule has 0 aromatic carbocycles. The van der Waals surface area contributed by atoms with Gasteiger partial charge in [0.25, 0.3) is 0 Å². The number of nitrogen functional groups attached to an aromatic ring is 1. The number of nitrogens with one attached hydrogen (secondary N) is 2. The van der Waals surface area contributed by atoms with Gasteiger partial charge in [0.2, 0.25) is 0 Å². The number of imidazole rings is 1. The Morgan fingerprint density at radius 3 is 2.80 bits per heavy atom. The highest BCUT2D eigenvalue weighted by Crippen LogP contribution is 2.36. The van der Waals surface area contributed by atoms with E-state index in [1.54, 1.807) is 6.20 Å². The van der Waals surface area contributed by atoms with Gasteiger partial charge in [0, 0.05) is 18.4 Å². The van der Waals surface area contributed by atoms with Crippen LogP contribution in [0.5, 0.6) is 0 Å². The first kappa shape index (κ1) is 13.2. The fourth-order valence-electron chi connectivity index (χ4n) is 2.84. The van der Waals surface area contributed by atoms with E-state index in [1.165, 1.54) is 25.7 Å². The molecule has 0 radical (unpaired) electrons. The van der Waals surface area contributed by atoms with E-state index in [0.717, 1.165) is 11.5 Å². The van der Waals surface area contributed by atoms with Crippen molar-refractivity contribution < 1.29 is 0 Å². The van der Waals surface area contributed by atoms with E-state index in [9.17, 15) is 0 Å². The van der Waals surface area contributed by atoms with Gasteiger partial charge in [-0.2, -0.15) is 0 Å². The molecule has 3 rings (SSSR count). The second-order valence-electron chi connectivity index (χ2n) is 6.36. The number of anilines is 2. The summed E-state index contributed by atoms with van der Waals surface area (Å²) >= 11 is 0. The van der Waals surface area contributed by atoms with Gasteiger partial charge in [-0.15, -0.1) is 0 Å². The van der Waals surface area contributed by atoms with Crippen molar-refractivity contribution in [1.29, 1.82) is 0 Å². The van der Waals surface area contributed by atoms with E-state index in [0.29, 0.717) is 17.3 Å². The van der Waals surface area contributed by atoms with E-state index in [4.69, 9.17) is 5.84 Å². The highest BCUT2D eigenvalue weighted by Gasteiger charge is 2.27. The number of hydrogen-bond acceptors (Lipinski definition) is 5. The van der Waals surface area contributed by atoms with Crippen molar-refractivity contribution in [2.24, 2.45) is 11.3 Å². The third-order valence-electron chi connectivity index (χ3n) is 4.20. The number of hydrogen-bond donors (Lipinski definition) is 3. The Labute approximate surface area is 118 Å². The largest absolute Gasteiger partial charge is 0.364 e. The number of hydrazine groups is 1. The standard InChI is InChI=1S/C14H22N6/c1-14(2)5-3-10(4-6-14)17-12-13-16-7-8-20(13)9-11(18-12)19-15/h7-10,19H,3-6,15H2,1-2H3,(H,17,18). The lowest BCUT2D eigenvalue weighted by Crippen LogP contribution is -2.30. The summed E-state index contributed by atoms with van der Waals surface area (Å²) < 4.78 is 1.93. The van der Waals surface area contributed by atoms with Crippen LogP contribution in [0.2, 0.25) is 0 Å². The Morgan fingerprint density at radius 1 is 1.35 bits per heavy atom. The van der Waals surface area contributed by atoms with Crippen LogP contribution >= 0.6 is 0 Å². The monoisotopic (exact) mass is 274 g/mol. The molecule has 108 valence electrons. The van der Waals surface area contributed by atoms with Crippen molar-refractivity contribution in [2.45, 2.75) is 45.6 Å². The zero-order valence-electron chi connectivity index (χ0n) is 12.1. The lowest BCUT2D eigenvalue weighted by Gasteiger charge is -2.34. The van der Waals surface area contributed by atoms with Crippen molar-refractivity contribution in [3.05, 3.63) is 18.6 Å². The Hall–Kier alpha value is -1.82. The summed E-state index contributed by atoms with van der Waals surface area (Å²) in [6.07, 6.45) is 10.3. The van der Waals surface area contributed by atoms with Crippen LogP contribution in [-0.4, -0.2) is 20.4 Å². The number of nitrogens with two attached hydrogens (primary N) is 1. The highest BCUT2D eigenvalue weighted by molar-refractivity contribution is 5.65. The van der Waals surface area contributed by atoms with E-state index in [-0.39, 0.29) is 0 Å². The smallest absolute Gasteiger partial charge is 0.180 e. The Morgan fingerprint density at radius 2 is 2.10 bits per heavy atom. The van der Waals surface area contributed by atoms with Gasteiger partial charge in [-0.25, -0.2) is 15.8 Å². The second-order valence-corrected chi connectivity index (χ2v) is 6.36. The fraction of sp³-hybridized carbons (Fsp3) is 0.571. The minimum atomic E-state index is 0.462. The molecule has 1 saturated carbocycles. The molecule has 20 heavy (non-hydrogen) atoms. The van der Waals surface area contributed by atoms with Crippen molar-refractivity contribution in [1.82, 2.24) is 14.4 Å². The average molecular weight is 274 g/mol. The molecule has 2 aromatic heterocycles. The summed E-state index contributed by atoms with van der Waals surface area (Å²) in [6, 6.07) is 0.462. The molecular formula is C14H22N6. The van der Waals surface area contributed by atoms with Crippen LogP contribution in [0.4, 0.5) is 11.6 Å². The number of aromatic nitrogens is 3. The van der Waals surface area contributed by atoms with Crippen molar-refractivity contribution in [3.63, 3.8) is 0 Å². The summed E-state index contributed by atoms with van der Waals surface area (Å²) in [5.41, 5.74) is 3.91. The van der Waals surface area contributed by atoms with Crippen LogP contribution in [0.25, 0.3) is 5.65 Å². The molecular weight excluding hydrogens is 252 g/mol. The fourth-order valence-corrected chi connectivity index (χ4v) is 2.84. The van der Waals surface area contributed by atoms with Crippen molar-refractivity contribution in [3.8, 4) is 0 Å². The predicted molar refractivity (Wildman–Crippen MR) is 80.5 cm³/mol. The number of fused-ring (bicyclic) bond motifs is 1. The zero-order valence-corrected chi connectivity index (χ0v) is 12.1. The zero-order chi connectivity index (χ0) is 14.2. The van der Waals surface area contributed by atoms with Crippen molar-refractivity contribution >= 4 is 17.3 Å². The number of rotatable bonds is 3. The van der Waals surface area contributed by atoms with Gasteiger partial charge in [-0.3, -0.25) is 0 Å². The molecule has 0 unspecified atom stereocenters. The first-order valence-electron chi connectivity index (χ1n) is 7.14. The van der Waals surface area contributed by atoms with E-state index in [1.807, 2.05) is 16.8 Å². The van der Waals surface area contributed by atoms with Crippen LogP contribution in [0.1, 0.15) is 39.5 Å². The molecule has 2 aromatic rings. The highest BCUT2D eigenvalue weighted by atomic mass is 15.3. The lowest BCUT2D eigenvalue weighted by atomic mass is 9.75. The maximum atomic E-state index is 5.47. The molecule has 0 aliphatic heterocycles.